The Hall–Kier alpha value is -1.55. The molecule has 16 heavy (non-hydrogen) atoms. The number of carboxylic acids is 1. The fourth-order valence-corrected chi connectivity index (χ4v) is 1.56. The molecule has 0 bridgehead atoms. The molecule has 0 fully saturated rings. The van der Waals surface area contributed by atoms with Crippen LogP contribution >= 0.6 is 0 Å². The minimum Gasteiger partial charge on any atom is -0.508 e. The highest BCUT2D eigenvalue weighted by atomic mass is 16.4. The summed E-state index contributed by atoms with van der Waals surface area (Å²) in [5, 5.41) is 21.4. The van der Waals surface area contributed by atoms with Crippen molar-refractivity contribution >= 4 is 5.97 Å². The summed E-state index contributed by atoms with van der Waals surface area (Å²) in [7, 11) is 0. The summed E-state index contributed by atoms with van der Waals surface area (Å²) in [6.07, 6.45) is 0. The Morgan fingerprint density at radius 3 is 2.56 bits per heavy atom. The maximum atomic E-state index is 10.7. The first kappa shape index (κ1) is 12.5. The van der Waals surface area contributed by atoms with Crippen LogP contribution in [0.4, 0.5) is 0 Å². The van der Waals surface area contributed by atoms with E-state index < -0.39 is 12.0 Å². The number of aliphatic carboxylic acids is 1. The number of carboxylic acid groups (broad SMARTS) is 1. The van der Waals surface area contributed by atoms with Gasteiger partial charge in [0.15, 0.2) is 0 Å². The lowest BCUT2D eigenvalue weighted by molar-refractivity contribution is -0.139. The molecule has 0 aliphatic heterocycles. The van der Waals surface area contributed by atoms with Crippen molar-refractivity contribution in [2.24, 2.45) is 0 Å². The molecule has 3 N–H and O–H groups in total. The Morgan fingerprint density at radius 2 is 2.00 bits per heavy atom. The molecule has 2 unspecified atom stereocenters. The van der Waals surface area contributed by atoms with E-state index in [-0.39, 0.29) is 11.8 Å². The van der Waals surface area contributed by atoms with E-state index in [0.29, 0.717) is 5.56 Å². The number of hydrogen-bond donors (Lipinski definition) is 3. The van der Waals surface area contributed by atoms with Gasteiger partial charge in [-0.15, -0.1) is 0 Å². The maximum Gasteiger partial charge on any atom is 0.320 e. The highest BCUT2D eigenvalue weighted by molar-refractivity contribution is 5.72. The summed E-state index contributed by atoms with van der Waals surface area (Å²) >= 11 is 0. The van der Waals surface area contributed by atoms with E-state index in [9.17, 15) is 9.90 Å². The van der Waals surface area contributed by atoms with E-state index in [1.54, 1.807) is 13.0 Å². The molecule has 0 heterocycles. The van der Waals surface area contributed by atoms with Crippen molar-refractivity contribution in [2.75, 3.05) is 0 Å². The molecular formula is C12H17NO3. The van der Waals surface area contributed by atoms with Crippen molar-refractivity contribution in [3.05, 3.63) is 29.3 Å². The number of aryl methyl sites for hydroxylation is 1. The molecule has 0 radical (unpaired) electrons. The van der Waals surface area contributed by atoms with Gasteiger partial charge in [0.2, 0.25) is 0 Å². The first-order valence-corrected chi connectivity index (χ1v) is 5.20. The molecule has 1 aromatic carbocycles. The third-order valence-electron chi connectivity index (χ3n) is 2.52. The lowest BCUT2D eigenvalue weighted by Crippen LogP contribution is -2.35. The van der Waals surface area contributed by atoms with Crippen molar-refractivity contribution in [1.82, 2.24) is 5.32 Å². The minimum atomic E-state index is -0.904. The van der Waals surface area contributed by atoms with Gasteiger partial charge in [-0.1, -0.05) is 17.7 Å². The van der Waals surface area contributed by atoms with E-state index in [1.165, 1.54) is 0 Å². The first-order chi connectivity index (χ1) is 7.41. The summed E-state index contributed by atoms with van der Waals surface area (Å²) in [5.74, 6) is -0.720. The highest BCUT2D eigenvalue weighted by Gasteiger charge is 2.17. The van der Waals surface area contributed by atoms with E-state index in [0.717, 1.165) is 5.56 Å². The zero-order valence-corrected chi connectivity index (χ0v) is 9.69. The van der Waals surface area contributed by atoms with E-state index >= 15 is 0 Å². The number of nitrogens with one attached hydrogen (secondary N) is 1. The Bertz CT molecular complexity index is 390. The summed E-state index contributed by atoms with van der Waals surface area (Å²) in [6.45, 7) is 5.33. The zero-order valence-electron chi connectivity index (χ0n) is 9.69. The van der Waals surface area contributed by atoms with Crippen LogP contribution in [-0.4, -0.2) is 22.2 Å². The second kappa shape index (κ2) is 4.99. The van der Waals surface area contributed by atoms with Gasteiger partial charge in [-0.25, -0.2) is 0 Å². The number of rotatable bonds is 4. The van der Waals surface area contributed by atoms with Crippen LogP contribution in [0, 0.1) is 6.92 Å². The van der Waals surface area contributed by atoms with Crippen molar-refractivity contribution in [1.29, 1.82) is 0 Å². The van der Waals surface area contributed by atoms with Crippen LogP contribution in [0.5, 0.6) is 5.75 Å². The van der Waals surface area contributed by atoms with Crippen LogP contribution in [0.2, 0.25) is 0 Å². The van der Waals surface area contributed by atoms with E-state index in [2.05, 4.69) is 5.32 Å². The van der Waals surface area contributed by atoms with Gasteiger partial charge < -0.3 is 10.2 Å². The molecule has 4 nitrogen and oxygen atoms in total. The fourth-order valence-electron chi connectivity index (χ4n) is 1.56. The largest absolute Gasteiger partial charge is 0.508 e. The molecule has 2 atom stereocenters. The third-order valence-corrected chi connectivity index (χ3v) is 2.52. The van der Waals surface area contributed by atoms with Gasteiger partial charge >= 0.3 is 5.97 Å². The molecule has 0 aliphatic rings. The minimum absolute atomic E-state index is 0.184. The topological polar surface area (TPSA) is 69.6 Å². The quantitative estimate of drug-likeness (QED) is 0.728. The lowest BCUT2D eigenvalue weighted by atomic mass is 10.0. The van der Waals surface area contributed by atoms with Crippen LogP contribution in [0.1, 0.15) is 31.0 Å². The second-order valence-electron chi connectivity index (χ2n) is 4.01. The lowest BCUT2D eigenvalue weighted by Gasteiger charge is -2.18. The number of benzene rings is 1. The molecule has 1 aromatic rings. The van der Waals surface area contributed by atoms with E-state index in [4.69, 9.17) is 5.11 Å². The Labute approximate surface area is 94.9 Å². The predicted octanol–water partition coefficient (Wildman–Crippen LogP) is 1.82. The van der Waals surface area contributed by atoms with Crippen LogP contribution in [0.15, 0.2) is 18.2 Å². The number of aromatic hydroxyl groups is 1. The van der Waals surface area contributed by atoms with Gasteiger partial charge in [-0.3, -0.25) is 10.1 Å². The van der Waals surface area contributed by atoms with Gasteiger partial charge in [0.25, 0.3) is 0 Å². The van der Waals surface area contributed by atoms with Gasteiger partial charge in [0, 0.05) is 11.6 Å². The second-order valence-corrected chi connectivity index (χ2v) is 4.01. The number of phenols is 1. The first-order valence-electron chi connectivity index (χ1n) is 5.20. The molecule has 0 saturated carbocycles. The number of hydrogen-bond acceptors (Lipinski definition) is 3. The SMILES string of the molecule is Cc1ccc(O)c(C(C)NC(C)C(=O)O)c1. The summed E-state index contributed by atoms with van der Waals surface area (Å²) in [6, 6.07) is 4.43. The molecular weight excluding hydrogens is 206 g/mol. The average molecular weight is 223 g/mol. The van der Waals surface area contributed by atoms with Crippen LogP contribution in [0.25, 0.3) is 0 Å². The van der Waals surface area contributed by atoms with Crippen molar-refractivity contribution in [3.63, 3.8) is 0 Å². The molecule has 0 amide bonds. The Kier molecular flexibility index (Phi) is 3.90. The van der Waals surface area contributed by atoms with Crippen LogP contribution < -0.4 is 5.32 Å². The van der Waals surface area contributed by atoms with Crippen molar-refractivity contribution in [2.45, 2.75) is 32.9 Å². The highest BCUT2D eigenvalue weighted by Crippen LogP contribution is 2.25. The fraction of sp³-hybridized carbons (Fsp3) is 0.417. The maximum absolute atomic E-state index is 10.7. The zero-order chi connectivity index (χ0) is 12.3. The van der Waals surface area contributed by atoms with Gasteiger partial charge in [0.1, 0.15) is 11.8 Å². The Morgan fingerprint density at radius 1 is 1.38 bits per heavy atom. The third kappa shape index (κ3) is 2.97. The van der Waals surface area contributed by atoms with Crippen molar-refractivity contribution in [3.8, 4) is 5.75 Å². The van der Waals surface area contributed by atoms with Gasteiger partial charge in [0.05, 0.1) is 0 Å². The van der Waals surface area contributed by atoms with Crippen LogP contribution in [0.3, 0.4) is 0 Å². The summed E-state index contributed by atoms with van der Waals surface area (Å²) < 4.78 is 0. The smallest absolute Gasteiger partial charge is 0.320 e. The van der Waals surface area contributed by atoms with Gasteiger partial charge in [-0.05, 0) is 26.8 Å². The standard InChI is InChI=1S/C12H17NO3/c1-7-4-5-11(14)10(6-7)8(2)13-9(3)12(15)16/h4-6,8-9,13-14H,1-3H3,(H,15,16). The molecule has 0 saturated heterocycles. The molecule has 0 aromatic heterocycles. The number of carbonyl (C=O) groups is 1. The normalized spacial score (nSPS) is 14.4. The van der Waals surface area contributed by atoms with Gasteiger partial charge in [-0.2, -0.15) is 0 Å². The summed E-state index contributed by atoms with van der Waals surface area (Å²) in [5.41, 5.74) is 1.75. The molecule has 0 aliphatic carbocycles. The molecule has 1 rings (SSSR count). The predicted molar refractivity (Wildman–Crippen MR) is 61.5 cm³/mol. The molecule has 88 valence electrons. The number of phenolic OH excluding ortho intramolecular Hbond substituents is 1. The van der Waals surface area contributed by atoms with Crippen molar-refractivity contribution < 1.29 is 15.0 Å². The molecule has 0 spiro atoms. The summed E-state index contributed by atoms with van der Waals surface area (Å²) in [4.78, 5) is 10.7. The average Bonchev–Trinajstić information content (AvgIpc) is 2.21. The molecule has 4 heteroatoms. The monoisotopic (exact) mass is 223 g/mol. The van der Waals surface area contributed by atoms with E-state index in [1.807, 2.05) is 26.0 Å². The van der Waals surface area contributed by atoms with Crippen LogP contribution in [-0.2, 0) is 4.79 Å². The Balaban J connectivity index is 2.83.